The maximum absolute atomic E-state index is 12.0. The van der Waals surface area contributed by atoms with Crippen LogP contribution in [0.2, 0.25) is 0 Å². The predicted molar refractivity (Wildman–Crippen MR) is 74.5 cm³/mol. The summed E-state index contributed by atoms with van der Waals surface area (Å²) < 4.78 is 5.44. The van der Waals surface area contributed by atoms with Gasteiger partial charge in [-0.3, -0.25) is 4.79 Å². The van der Waals surface area contributed by atoms with E-state index in [0.717, 1.165) is 24.4 Å². The molecule has 0 aliphatic heterocycles. The third kappa shape index (κ3) is 3.83. The molecule has 1 heterocycles. The molecule has 0 bridgehead atoms. The maximum Gasteiger partial charge on any atom is 0.220 e. The molecule has 1 fully saturated rings. The summed E-state index contributed by atoms with van der Waals surface area (Å²) in [5, 5.41) is 2.93. The zero-order valence-electron chi connectivity index (χ0n) is 11.7. The third-order valence-corrected chi connectivity index (χ3v) is 4.14. The van der Waals surface area contributed by atoms with Crippen molar-refractivity contribution in [3.8, 4) is 0 Å². The molecule has 1 aliphatic carbocycles. The van der Waals surface area contributed by atoms with Crippen LogP contribution in [0.3, 0.4) is 0 Å². The van der Waals surface area contributed by atoms with Crippen LogP contribution in [-0.2, 0) is 11.3 Å². The summed E-state index contributed by atoms with van der Waals surface area (Å²) in [6, 6.07) is 3.80. The van der Waals surface area contributed by atoms with E-state index in [0.29, 0.717) is 19.5 Å². The second kappa shape index (κ2) is 6.24. The van der Waals surface area contributed by atoms with Gasteiger partial charge in [0.1, 0.15) is 11.5 Å². The van der Waals surface area contributed by atoms with Gasteiger partial charge in [0.2, 0.25) is 5.91 Å². The lowest BCUT2D eigenvalue weighted by Crippen LogP contribution is -2.38. The largest absolute Gasteiger partial charge is 0.465 e. The Labute approximate surface area is 114 Å². The van der Waals surface area contributed by atoms with Gasteiger partial charge in [-0.1, -0.05) is 19.3 Å². The topological polar surface area (TPSA) is 68.3 Å². The molecule has 0 saturated heterocycles. The summed E-state index contributed by atoms with van der Waals surface area (Å²) in [6.45, 7) is 2.98. The van der Waals surface area contributed by atoms with Gasteiger partial charge in [-0.15, -0.1) is 0 Å². The molecule has 0 radical (unpaired) electrons. The molecule has 3 N–H and O–H groups in total. The first-order valence-corrected chi connectivity index (χ1v) is 7.16. The highest BCUT2D eigenvalue weighted by molar-refractivity contribution is 5.76. The molecule has 1 aromatic rings. The summed E-state index contributed by atoms with van der Waals surface area (Å²) in [4.78, 5) is 12.0. The summed E-state index contributed by atoms with van der Waals surface area (Å²) in [5.41, 5.74) is 5.93. The maximum atomic E-state index is 12.0. The second-order valence-electron chi connectivity index (χ2n) is 5.73. The van der Waals surface area contributed by atoms with E-state index < -0.39 is 0 Å². The number of furan rings is 1. The van der Waals surface area contributed by atoms with Crippen molar-refractivity contribution >= 4 is 5.91 Å². The highest BCUT2D eigenvalue weighted by atomic mass is 16.3. The number of hydrogen-bond donors (Lipinski definition) is 2. The average Bonchev–Trinajstić information content (AvgIpc) is 2.83. The van der Waals surface area contributed by atoms with Gasteiger partial charge in [0.15, 0.2) is 0 Å². The minimum Gasteiger partial charge on any atom is -0.465 e. The molecule has 106 valence electrons. The summed E-state index contributed by atoms with van der Waals surface area (Å²) in [6.07, 6.45) is 6.37. The quantitative estimate of drug-likeness (QED) is 0.858. The third-order valence-electron chi connectivity index (χ3n) is 4.14. The monoisotopic (exact) mass is 264 g/mol. The van der Waals surface area contributed by atoms with Crippen molar-refractivity contribution in [1.82, 2.24) is 5.32 Å². The number of rotatable bonds is 5. The molecule has 19 heavy (non-hydrogen) atoms. The first-order chi connectivity index (χ1) is 9.13. The molecule has 0 aromatic carbocycles. The van der Waals surface area contributed by atoms with Gasteiger partial charge >= 0.3 is 0 Å². The van der Waals surface area contributed by atoms with Crippen LogP contribution in [0.1, 0.15) is 50.0 Å². The number of nitrogens with one attached hydrogen (secondary N) is 1. The number of nitrogens with two attached hydrogens (primary N) is 1. The first-order valence-electron chi connectivity index (χ1n) is 7.16. The Morgan fingerprint density at radius 3 is 2.68 bits per heavy atom. The molecule has 1 aliphatic rings. The molecule has 0 unspecified atom stereocenters. The fourth-order valence-electron chi connectivity index (χ4n) is 2.92. The van der Waals surface area contributed by atoms with Crippen LogP contribution < -0.4 is 11.1 Å². The normalized spacial score (nSPS) is 18.2. The Kier molecular flexibility index (Phi) is 4.64. The Bertz CT molecular complexity index is 420. The SMILES string of the molecule is Cc1ccc(CNC(=O)CC2(CN)CCCCC2)o1. The zero-order valence-corrected chi connectivity index (χ0v) is 11.7. The van der Waals surface area contributed by atoms with E-state index in [9.17, 15) is 4.79 Å². The van der Waals surface area contributed by atoms with Gasteiger partial charge in [0.25, 0.3) is 0 Å². The molecule has 1 aromatic heterocycles. The molecule has 1 amide bonds. The van der Waals surface area contributed by atoms with Crippen LogP contribution in [0.15, 0.2) is 16.5 Å². The molecular formula is C15H24N2O2. The van der Waals surface area contributed by atoms with Crippen LogP contribution >= 0.6 is 0 Å². The van der Waals surface area contributed by atoms with E-state index in [2.05, 4.69) is 5.32 Å². The van der Waals surface area contributed by atoms with E-state index in [1.165, 1.54) is 19.3 Å². The lowest BCUT2D eigenvalue weighted by Gasteiger charge is -2.35. The molecule has 4 heteroatoms. The highest BCUT2D eigenvalue weighted by Gasteiger charge is 2.32. The fourth-order valence-corrected chi connectivity index (χ4v) is 2.92. The minimum absolute atomic E-state index is 0.0292. The zero-order chi connectivity index (χ0) is 13.7. The van der Waals surface area contributed by atoms with Gasteiger partial charge in [0.05, 0.1) is 6.54 Å². The Balaban J connectivity index is 1.82. The second-order valence-corrected chi connectivity index (χ2v) is 5.73. The van der Waals surface area contributed by atoms with Crippen LogP contribution in [0.4, 0.5) is 0 Å². The molecular weight excluding hydrogens is 240 g/mol. The smallest absolute Gasteiger partial charge is 0.220 e. The van der Waals surface area contributed by atoms with Crippen molar-refractivity contribution in [3.05, 3.63) is 23.7 Å². The molecule has 0 spiro atoms. The summed E-state index contributed by atoms with van der Waals surface area (Å²) in [5.74, 6) is 1.76. The number of hydrogen-bond acceptors (Lipinski definition) is 3. The predicted octanol–water partition coefficient (Wildman–Crippen LogP) is 2.50. The number of aryl methyl sites for hydroxylation is 1. The van der Waals surface area contributed by atoms with Gasteiger partial charge in [-0.25, -0.2) is 0 Å². The Hall–Kier alpha value is -1.29. The summed E-state index contributed by atoms with van der Waals surface area (Å²) in [7, 11) is 0. The van der Waals surface area contributed by atoms with Gasteiger partial charge in [-0.05, 0) is 43.9 Å². The first kappa shape index (κ1) is 14.1. The molecule has 2 rings (SSSR count). The van der Waals surface area contributed by atoms with E-state index in [-0.39, 0.29) is 11.3 Å². The lowest BCUT2D eigenvalue weighted by molar-refractivity contribution is -0.124. The van der Waals surface area contributed by atoms with Gasteiger partial charge in [0, 0.05) is 6.42 Å². The molecule has 1 saturated carbocycles. The van der Waals surface area contributed by atoms with Crippen LogP contribution in [0.25, 0.3) is 0 Å². The van der Waals surface area contributed by atoms with Gasteiger partial charge < -0.3 is 15.5 Å². The number of amides is 1. The molecule has 0 atom stereocenters. The molecule has 4 nitrogen and oxygen atoms in total. The van der Waals surface area contributed by atoms with Crippen molar-refractivity contribution in [2.75, 3.05) is 6.54 Å². The van der Waals surface area contributed by atoms with Crippen molar-refractivity contribution in [3.63, 3.8) is 0 Å². The van der Waals surface area contributed by atoms with E-state index in [4.69, 9.17) is 10.2 Å². The van der Waals surface area contributed by atoms with Crippen molar-refractivity contribution in [1.29, 1.82) is 0 Å². The van der Waals surface area contributed by atoms with Crippen molar-refractivity contribution in [2.45, 2.75) is 52.0 Å². The van der Waals surface area contributed by atoms with Crippen LogP contribution in [-0.4, -0.2) is 12.5 Å². The average molecular weight is 264 g/mol. The summed E-state index contributed by atoms with van der Waals surface area (Å²) >= 11 is 0. The van der Waals surface area contributed by atoms with E-state index in [1.807, 2.05) is 19.1 Å². The van der Waals surface area contributed by atoms with E-state index in [1.54, 1.807) is 0 Å². The Morgan fingerprint density at radius 2 is 2.11 bits per heavy atom. The minimum atomic E-state index is 0.0292. The van der Waals surface area contributed by atoms with E-state index >= 15 is 0 Å². The number of carbonyl (C=O) groups excluding carboxylic acids is 1. The van der Waals surface area contributed by atoms with Crippen molar-refractivity contribution in [2.24, 2.45) is 11.1 Å². The van der Waals surface area contributed by atoms with Crippen molar-refractivity contribution < 1.29 is 9.21 Å². The van der Waals surface area contributed by atoms with Crippen LogP contribution in [0, 0.1) is 12.3 Å². The lowest BCUT2D eigenvalue weighted by atomic mass is 9.71. The highest BCUT2D eigenvalue weighted by Crippen LogP contribution is 2.38. The standard InChI is InChI=1S/C15H24N2O2/c1-12-5-6-13(19-12)10-17-14(18)9-15(11-16)7-3-2-4-8-15/h5-6H,2-4,7-11,16H2,1H3,(H,17,18). The number of carbonyl (C=O) groups is 1. The Morgan fingerprint density at radius 1 is 1.37 bits per heavy atom. The van der Waals surface area contributed by atoms with Gasteiger partial charge in [-0.2, -0.15) is 0 Å². The fraction of sp³-hybridized carbons (Fsp3) is 0.667. The van der Waals surface area contributed by atoms with Crippen LogP contribution in [0.5, 0.6) is 0 Å².